The first-order chi connectivity index (χ1) is 10.3. The Morgan fingerprint density at radius 2 is 1.86 bits per heavy atom. The van der Waals surface area contributed by atoms with E-state index in [4.69, 9.17) is 0 Å². The average Bonchev–Trinajstić information content (AvgIpc) is 2.45. The molecule has 0 aliphatic rings. The number of benzene rings is 1. The van der Waals surface area contributed by atoms with Gasteiger partial charge in [0.05, 0.1) is 0 Å². The number of hydrogen-bond acceptors (Lipinski definition) is 5. The highest BCUT2D eigenvalue weighted by Crippen LogP contribution is 2.38. The third kappa shape index (κ3) is 4.97. The summed E-state index contributed by atoms with van der Waals surface area (Å²) in [5.74, 6) is -2.20. The van der Waals surface area contributed by atoms with Gasteiger partial charge < -0.3 is 14.2 Å². The molecule has 0 aliphatic carbocycles. The fourth-order valence-corrected chi connectivity index (χ4v) is 1.29. The van der Waals surface area contributed by atoms with Crippen LogP contribution in [0.5, 0.6) is 11.5 Å². The first-order valence-corrected chi connectivity index (χ1v) is 5.79. The molecule has 0 bridgehead atoms. The van der Waals surface area contributed by atoms with Crippen LogP contribution in [-0.4, -0.2) is 18.7 Å². The van der Waals surface area contributed by atoms with Gasteiger partial charge in [-0.2, -0.15) is 13.2 Å². The van der Waals surface area contributed by atoms with Crippen LogP contribution in [0.2, 0.25) is 0 Å². The van der Waals surface area contributed by atoms with Crippen LogP contribution in [-0.2, 0) is 15.7 Å². The van der Waals surface area contributed by atoms with E-state index in [0.29, 0.717) is 6.07 Å². The Morgan fingerprint density at radius 1 is 1.18 bits per heavy atom. The Balaban J connectivity index is 3.04. The summed E-state index contributed by atoms with van der Waals surface area (Å²) >= 11 is 0. The van der Waals surface area contributed by atoms with E-state index in [-0.39, 0.29) is 6.61 Å². The molecule has 1 aromatic rings. The molecule has 0 aliphatic heterocycles. The van der Waals surface area contributed by atoms with E-state index in [1.165, 1.54) is 6.08 Å². The lowest BCUT2D eigenvalue weighted by Crippen LogP contribution is -2.14. The van der Waals surface area contributed by atoms with Gasteiger partial charge in [-0.3, -0.25) is 0 Å². The van der Waals surface area contributed by atoms with Crippen LogP contribution >= 0.6 is 0 Å². The van der Waals surface area contributed by atoms with Gasteiger partial charge in [0.15, 0.2) is 0 Å². The molecule has 22 heavy (non-hydrogen) atoms. The van der Waals surface area contributed by atoms with Gasteiger partial charge in [-0.05, 0) is 18.2 Å². The first-order valence-electron chi connectivity index (χ1n) is 5.79. The minimum Gasteiger partial charge on any atom is -0.430 e. The zero-order chi connectivity index (χ0) is 16.8. The van der Waals surface area contributed by atoms with Crippen molar-refractivity contribution < 1.29 is 37.0 Å². The Labute approximate surface area is 123 Å². The van der Waals surface area contributed by atoms with E-state index in [9.17, 15) is 22.8 Å². The molecular formula is C14H11F3O5. The minimum atomic E-state index is -4.82. The summed E-state index contributed by atoms with van der Waals surface area (Å²) in [6.07, 6.45) is -4.03. The van der Waals surface area contributed by atoms with Gasteiger partial charge in [0, 0.05) is 6.08 Å². The zero-order valence-corrected chi connectivity index (χ0v) is 11.2. The summed E-state index contributed by atoms with van der Waals surface area (Å²) in [6.45, 7) is 6.23. The molecule has 0 spiro atoms. The first kappa shape index (κ1) is 17.3. The molecule has 0 atom stereocenters. The summed E-state index contributed by atoms with van der Waals surface area (Å²) < 4.78 is 52.3. The molecule has 0 N–H and O–H groups in total. The lowest BCUT2D eigenvalue weighted by molar-refractivity contribution is -0.141. The van der Waals surface area contributed by atoms with Crippen LogP contribution in [0.1, 0.15) is 5.56 Å². The fraction of sp³-hybridized carbons (Fsp3) is 0.143. The number of carbonyl (C=O) groups excluding carboxylic acids is 2. The van der Waals surface area contributed by atoms with Gasteiger partial charge in [0.2, 0.25) is 0 Å². The van der Waals surface area contributed by atoms with Crippen LogP contribution in [0.4, 0.5) is 18.0 Å². The molecule has 0 unspecified atom stereocenters. The smallest absolute Gasteiger partial charge is 0.430 e. The molecule has 0 saturated heterocycles. The third-order valence-electron chi connectivity index (χ3n) is 2.15. The lowest BCUT2D eigenvalue weighted by atomic mass is 10.2. The molecule has 0 radical (unpaired) electrons. The van der Waals surface area contributed by atoms with Gasteiger partial charge >= 0.3 is 18.3 Å². The highest BCUT2D eigenvalue weighted by Gasteiger charge is 2.35. The van der Waals surface area contributed by atoms with E-state index in [1.807, 2.05) is 0 Å². The summed E-state index contributed by atoms with van der Waals surface area (Å²) in [5, 5.41) is 0. The highest BCUT2D eigenvalue weighted by atomic mass is 19.4. The van der Waals surface area contributed by atoms with Crippen molar-refractivity contribution in [2.75, 3.05) is 6.61 Å². The topological polar surface area (TPSA) is 61.8 Å². The van der Waals surface area contributed by atoms with Crippen molar-refractivity contribution in [3.8, 4) is 11.5 Å². The SMILES string of the molecule is C=CCOC(=O)Oc1ccc(OC(=O)C=C)c(C(F)(F)F)c1. The molecule has 0 heterocycles. The van der Waals surface area contributed by atoms with Crippen molar-refractivity contribution >= 4 is 12.1 Å². The van der Waals surface area contributed by atoms with Gasteiger partial charge in [0.1, 0.15) is 23.7 Å². The van der Waals surface area contributed by atoms with E-state index < -0.39 is 35.4 Å². The van der Waals surface area contributed by atoms with Gasteiger partial charge in [-0.1, -0.05) is 19.2 Å². The Morgan fingerprint density at radius 3 is 2.41 bits per heavy atom. The third-order valence-corrected chi connectivity index (χ3v) is 2.15. The molecule has 118 valence electrons. The largest absolute Gasteiger partial charge is 0.514 e. The van der Waals surface area contributed by atoms with Crippen molar-refractivity contribution in [3.05, 3.63) is 49.1 Å². The summed E-state index contributed by atoms with van der Waals surface area (Å²) in [7, 11) is 0. The molecule has 0 saturated carbocycles. The Hall–Kier alpha value is -2.77. The number of hydrogen-bond donors (Lipinski definition) is 0. The van der Waals surface area contributed by atoms with E-state index >= 15 is 0 Å². The fourth-order valence-electron chi connectivity index (χ4n) is 1.29. The second-order valence-electron chi connectivity index (χ2n) is 3.73. The molecule has 8 heteroatoms. The van der Waals surface area contributed by atoms with Crippen molar-refractivity contribution in [2.24, 2.45) is 0 Å². The normalized spacial score (nSPS) is 10.5. The van der Waals surface area contributed by atoms with Crippen LogP contribution in [0.25, 0.3) is 0 Å². The number of alkyl halides is 3. The van der Waals surface area contributed by atoms with Crippen LogP contribution in [0.15, 0.2) is 43.5 Å². The van der Waals surface area contributed by atoms with Crippen molar-refractivity contribution in [3.63, 3.8) is 0 Å². The predicted octanol–water partition coefficient (Wildman–Crippen LogP) is 3.50. The summed E-state index contributed by atoms with van der Waals surface area (Å²) in [4.78, 5) is 22.2. The summed E-state index contributed by atoms with van der Waals surface area (Å²) in [5.41, 5.74) is -1.28. The zero-order valence-electron chi connectivity index (χ0n) is 11.2. The van der Waals surface area contributed by atoms with Crippen LogP contribution in [0.3, 0.4) is 0 Å². The Kier molecular flexibility index (Phi) is 5.73. The monoisotopic (exact) mass is 316 g/mol. The van der Waals surface area contributed by atoms with E-state index in [1.54, 1.807) is 0 Å². The molecule has 0 aromatic heterocycles. The second kappa shape index (κ2) is 7.30. The average molecular weight is 316 g/mol. The van der Waals surface area contributed by atoms with E-state index in [0.717, 1.165) is 18.2 Å². The van der Waals surface area contributed by atoms with Crippen molar-refractivity contribution in [1.29, 1.82) is 0 Å². The number of rotatable bonds is 5. The standard InChI is InChI=1S/C14H11F3O5/c1-3-7-20-13(19)21-9-5-6-11(22-12(18)4-2)10(8-9)14(15,16)17/h3-6,8H,1-2,7H2. The maximum atomic E-state index is 12.9. The number of halogens is 3. The molecular weight excluding hydrogens is 305 g/mol. The van der Waals surface area contributed by atoms with Gasteiger partial charge in [0.25, 0.3) is 0 Å². The quantitative estimate of drug-likeness (QED) is 0.273. The molecule has 1 rings (SSSR count). The second-order valence-corrected chi connectivity index (χ2v) is 3.73. The number of carbonyl (C=O) groups is 2. The maximum Gasteiger partial charge on any atom is 0.514 e. The van der Waals surface area contributed by atoms with Gasteiger partial charge in [-0.15, -0.1) is 0 Å². The number of esters is 1. The minimum absolute atomic E-state index is 0.153. The predicted molar refractivity (Wildman–Crippen MR) is 69.4 cm³/mol. The molecule has 5 nitrogen and oxygen atoms in total. The summed E-state index contributed by atoms with van der Waals surface area (Å²) in [6, 6.07) is 2.39. The maximum absolute atomic E-state index is 12.9. The Bertz CT molecular complexity index is 593. The van der Waals surface area contributed by atoms with Crippen LogP contribution < -0.4 is 9.47 Å². The van der Waals surface area contributed by atoms with Crippen LogP contribution in [0, 0.1) is 0 Å². The number of ether oxygens (including phenoxy) is 3. The molecule has 0 fully saturated rings. The van der Waals surface area contributed by atoms with Crippen molar-refractivity contribution in [1.82, 2.24) is 0 Å². The van der Waals surface area contributed by atoms with Crippen molar-refractivity contribution in [2.45, 2.75) is 6.18 Å². The van der Waals surface area contributed by atoms with E-state index in [2.05, 4.69) is 27.4 Å². The van der Waals surface area contributed by atoms with Gasteiger partial charge in [-0.25, -0.2) is 9.59 Å². The lowest BCUT2D eigenvalue weighted by Gasteiger charge is -2.13. The molecule has 0 amide bonds. The molecule has 1 aromatic carbocycles. The highest BCUT2D eigenvalue weighted by molar-refractivity contribution is 5.83.